The molecule has 1 aliphatic rings. The molecule has 2 aromatic heterocycles. The summed E-state index contributed by atoms with van der Waals surface area (Å²) in [6.07, 6.45) is 1.95. The first-order chi connectivity index (χ1) is 12.5. The van der Waals surface area contributed by atoms with Gasteiger partial charge in [0.25, 0.3) is 0 Å². The number of aromatic nitrogens is 1. The van der Waals surface area contributed by atoms with Crippen LogP contribution in [0.5, 0.6) is 0 Å². The van der Waals surface area contributed by atoms with Crippen molar-refractivity contribution in [1.29, 1.82) is 0 Å². The first-order valence-corrected chi connectivity index (χ1v) is 9.68. The maximum Gasteiger partial charge on any atom is 0.224 e. The highest BCUT2D eigenvalue weighted by Gasteiger charge is 2.15. The number of Topliss-reactive ketones (excluding diaryl/α,β-unsaturated/α-hetero) is 1. The van der Waals surface area contributed by atoms with Crippen LogP contribution in [0.2, 0.25) is 4.34 Å². The van der Waals surface area contributed by atoms with E-state index in [-0.39, 0.29) is 24.5 Å². The summed E-state index contributed by atoms with van der Waals surface area (Å²) in [6.45, 7) is 3.93. The second-order valence-corrected chi connectivity index (χ2v) is 7.99. The Kier molecular flexibility index (Phi) is 6.24. The average molecular weight is 393 g/mol. The average Bonchev–Trinajstić information content (AvgIpc) is 3.08. The Morgan fingerprint density at radius 3 is 2.54 bits per heavy atom. The SMILES string of the molecule is CN1CCN(c2ccc(NC(=O)CCC(=O)c3ccc(Cl)s3)cn2)CC1. The highest BCUT2D eigenvalue weighted by atomic mass is 35.5. The van der Waals surface area contributed by atoms with E-state index < -0.39 is 0 Å². The van der Waals surface area contributed by atoms with E-state index in [2.05, 4.69) is 27.1 Å². The van der Waals surface area contributed by atoms with Gasteiger partial charge in [0.1, 0.15) is 5.82 Å². The van der Waals surface area contributed by atoms with Crippen molar-refractivity contribution in [1.82, 2.24) is 9.88 Å². The lowest BCUT2D eigenvalue weighted by atomic mass is 10.2. The van der Waals surface area contributed by atoms with Crippen molar-refractivity contribution < 1.29 is 9.59 Å². The molecular weight excluding hydrogens is 372 g/mol. The Morgan fingerprint density at radius 1 is 1.15 bits per heavy atom. The van der Waals surface area contributed by atoms with E-state index in [0.717, 1.165) is 32.0 Å². The number of nitrogens with one attached hydrogen (secondary N) is 1. The van der Waals surface area contributed by atoms with Gasteiger partial charge in [0.15, 0.2) is 5.78 Å². The van der Waals surface area contributed by atoms with Gasteiger partial charge in [-0.05, 0) is 31.3 Å². The molecule has 6 nitrogen and oxygen atoms in total. The van der Waals surface area contributed by atoms with Crippen LogP contribution in [0, 0.1) is 0 Å². The zero-order chi connectivity index (χ0) is 18.5. The minimum absolute atomic E-state index is 0.0689. The first kappa shape index (κ1) is 18.8. The number of hydrogen-bond donors (Lipinski definition) is 1. The number of nitrogens with zero attached hydrogens (tertiary/aromatic N) is 3. The third-order valence-corrected chi connectivity index (χ3v) is 5.56. The Morgan fingerprint density at radius 2 is 1.92 bits per heavy atom. The van der Waals surface area contributed by atoms with Gasteiger partial charge >= 0.3 is 0 Å². The maximum atomic E-state index is 12.0. The molecule has 1 amide bonds. The molecule has 1 N–H and O–H groups in total. The molecular formula is C18H21ClN4O2S. The van der Waals surface area contributed by atoms with Gasteiger partial charge in [0, 0.05) is 39.0 Å². The topological polar surface area (TPSA) is 65.5 Å². The monoisotopic (exact) mass is 392 g/mol. The summed E-state index contributed by atoms with van der Waals surface area (Å²) in [6, 6.07) is 7.14. The van der Waals surface area contributed by atoms with Gasteiger partial charge in [0.2, 0.25) is 5.91 Å². The third-order valence-electron chi connectivity index (χ3n) is 4.29. The Bertz CT molecular complexity index is 770. The molecule has 1 saturated heterocycles. The molecule has 1 aliphatic heterocycles. The molecule has 1 fully saturated rings. The Balaban J connectivity index is 1.47. The molecule has 0 unspecified atom stereocenters. The summed E-state index contributed by atoms with van der Waals surface area (Å²) >= 11 is 7.06. The van der Waals surface area contributed by atoms with Crippen LogP contribution in [0.4, 0.5) is 11.5 Å². The number of likely N-dealkylation sites (N-methyl/N-ethyl adjacent to an activating group) is 1. The first-order valence-electron chi connectivity index (χ1n) is 8.49. The fraction of sp³-hybridized carbons (Fsp3) is 0.389. The van der Waals surface area contributed by atoms with E-state index in [1.54, 1.807) is 18.3 Å². The molecule has 0 spiro atoms. The van der Waals surface area contributed by atoms with Crippen molar-refractivity contribution in [3.8, 4) is 0 Å². The van der Waals surface area contributed by atoms with Gasteiger partial charge in [-0.25, -0.2) is 4.98 Å². The normalized spacial score (nSPS) is 15.1. The predicted octanol–water partition coefficient (Wildman–Crippen LogP) is 3.15. The molecule has 0 radical (unpaired) electrons. The van der Waals surface area contributed by atoms with Crippen molar-refractivity contribution >= 4 is 46.1 Å². The lowest BCUT2D eigenvalue weighted by Crippen LogP contribution is -2.44. The minimum atomic E-state index is -0.199. The largest absolute Gasteiger partial charge is 0.354 e. The van der Waals surface area contributed by atoms with E-state index in [0.29, 0.717) is 14.9 Å². The number of ketones is 1. The standard InChI is InChI=1S/C18H21ClN4O2S/c1-22-8-10-23(11-9-22)17-6-2-13(12-20-17)21-18(25)7-3-14(24)15-4-5-16(19)26-15/h2,4-6,12H,3,7-11H2,1H3,(H,21,25). The van der Waals surface area contributed by atoms with Crippen molar-refractivity contribution in [3.05, 3.63) is 39.7 Å². The molecule has 0 saturated carbocycles. The van der Waals surface area contributed by atoms with E-state index in [9.17, 15) is 9.59 Å². The number of anilines is 2. The number of rotatable bonds is 6. The molecule has 26 heavy (non-hydrogen) atoms. The van der Waals surface area contributed by atoms with Gasteiger partial charge in [-0.1, -0.05) is 11.6 Å². The van der Waals surface area contributed by atoms with Crippen molar-refractivity contribution in [2.45, 2.75) is 12.8 Å². The number of amides is 1. The van der Waals surface area contributed by atoms with Crippen LogP contribution in [-0.2, 0) is 4.79 Å². The van der Waals surface area contributed by atoms with Crippen LogP contribution >= 0.6 is 22.9 Å². The fourth-order valence-electron chi connectivity index (χ4n) is 2.72. The Hall–Kier alpha value is -1.96. The summed E-state index contributed by atoms with van der Waals surface area (Å²) < 4.78 is 0.573. The lowest BCUT2D eigenvalue weighted by Gasteiger charge is -2.33. The number of thiophene rings is 1. The molecule has 2 aromatic rings. The zero-order valence-electron chi connectivity index (χ0n) is 14.6. The van der Waals surface area contributed by atoms with Gasteiger partial charge in [-0.2, -0.15) is 0 Å². The van der Waals surface area contributed by atoms with Crippen LogP contribution in [0.3, 0.4) is 0 Å². The quantitative estimate of drug-likeness (QED) is 0.765. The van der Waals surface area contributed by atoms with Crippen molar-refractivity contribution in [2.75, 3.05) is 43.4 Å². The van der Waals surface area contributed by atoms with Gasteiger partial charge in [-0.3, -0.25) is 9.59 Å². The summed E-state index contributed by atoms with van der Waals surface area (Å²) in [7, 11) is 2.11. The molecule has 0 atom stereocenters. The fourth-order valence-corrected chi connectivity index (χ4v) is 3.73. The van der Waals surface area contributed by atoms with Gasteiger partial charge < -0.3 is 15.1 Å². The van der Waals surface area contributed by atoms with Gasteiger partial charge in [-0.15, -0.1) is 11.3 Å². The van der Waals surface area contributed by atoms with E-state index in [1.165, 1.54) is 11.3 Å². The zero-order valence-corrected chi connectivity index (χ0v) is 16.1. The number of pyridine rings is 1. The number of hydrogen-bond acceptors (Lipinski definition) is 6. The number of piperazine rings is 1. The van der Waals surface area contributed by atoms with E-state index >= 15 is 0 Å². The van der Waals surface area contributed by atoms with E-state index in [1.807, 2.05) is 12.1 Å². The highest BCUT2D eigenvalue weighted by Crippen LogP contribution is 2.23. The van der Waals surface area contributed by atoms with E-state index in [4.69, 9.17) is 11.6 Å². The molecule has 0 aliphatic carbocycles. The number of carbonyl (C=O) groups excluding carboxylic acids is 2. The molecule has 138 valence electrons. The van der Waals surface area contributed by atoms with Crippen LogP contribution in [0.25, 0.3) is 0 Å². The molecule has 0 aromatic carbocycles. The molecule has 8 heteroatoms. The van der Waals surface area contributed by atoms with Crippen molar-refractivity contribution in [2.24, 2.45) is 0 Å². The third kappa shape index (κ3) is 5.03. The van der Waals surface area contributed by atoms with Crippen LogP contribution < -0.4 is 10.2 Å². The predicted molar refractivity (Wildman–Crippen MR) is 105 cm³/mol. The maximum absolute atomic E-state index is 12.0. The smallest absolute Gasteiger partial charge is 0.224 e. The second-order valence-electron chi connectivity index (χ2n) is 6.27. The lowest BCUT2D eigenvalue weighted by molar-refractivity contribution is -0.116. The number of carbonyl (C=O) groups is 2. The molecule has 3 rings (SSSR count). The summed E-state index contributed by atoms with van der Waals surface area (Å²) in [5, 5.41) is 2.79. The van der Waals surface area contributed by atoms with Crippen LogP contribution in [0.15, 0.2) is 30.5 Å². The summed E-state index contributed by atoms with van der Waals surface area (Å²) in [5.74, 6) is 0.650. The van der Waals surface area contributed by atoms with Crippen molar-refractivity contribution in [3.63, 3.8) is 0 Å². The van der Waals surface area contributed by atoms with Gasteiger partial charge in [0.05, 0.1) is 21.1 Å². The van der Waals surface area contributed by atoms with Crippen LogP contribution in [-0.4, -0.2) is 54.8 Å². The summed E-state index contributed by atoms with van der Waals surface area (Å²) in [5.41, 5.74) is 0.638. The number of halogens is 1. The minimum Gasteiger partial charge on any atom is -0.354 e. The summed E-state index contributed by atoms with van der Waals surface area (Å²) in [4.78, 5) is 33.6. The molecule has 3 heterocycles. The second kappa shape index (κ2) is 8.62. The Labute approximate surface area is 161 Å². The van der Waals surface area contributed by atoms with Crippen LogP contribution in [0.1, 0.15) is 22.5 Å². The highest BCUT2D eigenvalue weighted by molar-refractivity contribution is 7.18. The molecule has 0 bridgehead atoms.